The topological polar surface area (TPSA) is 11.4 Å². The maximum Gasteiger partial charge on any atom is 0.0456 e. The lowest BCUT2D eigenvalue weighted by atomic mass is 9.54. The molecule has 4 aliphatic carbocycles. The van der Waals surface area contributed by atoms with Crippen LogP contribution in [-0.4, -0.2) is 46.6 Å². The molecule has 7 rings (SSSR count). The van der Waals surface area contributed by atoms with Crippen molar-refractivity contribution in [3.8, 4) is 5.69 Å². The summed E-state index contributed by atoms with van der Waals surface area (Å²) in [5.41, 5.74) is 5.35. The van der Waals surface area contributed by atoms with Crippen LogP contribution in [0.4, 0.5) is 0 Å². The number of hydrogen-bond acceptors (Lipinski definition) is 2. The maximum absolute atomic E-state index is 6.10. The van der Waals surface area contributed by atoms with E-state index in [1.807, 2.05) is 12.1 Å². The summed E-state index contributed by atoms with van der Waals surface area (Å²) in [4.78, 5) is 5.58. The fourth-order valence-corrected chi connectivity index (χ4v) is 8.06. The standard InChI is InChI=1S/C27H36ClN3/c1-18-11-24(19(2)31(18)26-5-3-25(28)4-6-26)17-29-7-9-30(10-8-29)27-22-13-20-12-21(15-22)16-23(27)14-20/h3-6,11,20-23,27H,7-10,12-17H2,1-2H3. The third-order valence-electron chi connectivity index (χ3n) is 9.02. The molecule has 4 heteroatoms. The second kappa shape index (κ2) is 7.93. The zero-order valence-electron chi connectivity index (χ0n) is 19.1. The summed E-state index contributed by atoms with van der Waals surface area (Å²) in [5, 5.41) is 0.795. The van der Waals surface area contributed by atoms with Gasteiger partial charge in [0.1, 0.15) is 0 Å². The highest BCUT2D eigenvalue weighted by molar-refractivity contribution is 6.30. The van der Waals surface area contributed by atoms with Crippen molar-refractivity contribution in [2.45, 2.75) is 58.5 Å². The number of hydrogen-bond donors (Lipinski definition) is 0. The summed E-state index contributed by atoms with van der Waals surface area (Å²) < 4.78 is 2.37. The molecule has 4 bridgehead atoms. The first-order valence-corrected chi connectivity index (χ1v) is 12.8. The zero-order valence-corrected chi connectivity index (χ0v) is 19.8. The lowest BCUT2D eigenvalue weighted by Crippen LogP contribution is -2.60. The number of benzene rings is 1. The van der Waals surface area contributed by atoms with Gasteiger partial charge in [0, 0.05) is 60.9 Å². The van der Waals surface area contributed by atoms with Crippen molar-refractivity contribution in [3.05, 3.63) is 52.3 Å². The number of nitrogens with zero attached hydrogens (tertiary/aromatic N) is 3. The fraction of sp³-hybridized carbons (Fsp3) is 0.630. The number of halogens is 1. The van der Waals surface area contributed by atoms with Crippen molar-refractivity contribution in [3.63, 3.8) is 0 Å². The van der Waals surface area contributed by atoms with E-state index in [0.717, 1.165) is 41.3 Å². The van der Waals surface area contributed by atoms with Gasteiger partial charge in [-0.1, -0.05) is 11.6 Å². The molecule has 0 unspecified atom stereocenters. The highest BCUT2D eigenvalue weighted by Crippen LogP contribution is 2.55. The molecule has 5 fully saturated rings. The highest BCUT2D eigenvalue weighted by Gasteiger charge is 2.50. The van der Waals surface area contributed by atoms with Crippen LogP contribution in [-0.2, 0) is 6.54 Å². The molecule has 3 nitrogen and oxygen atoms in total. The number of aromatic nitrogens is 1. The van der Waals surface area contributed by atoms with Crippen molar-refractivity contribution in [2.24, 2.45) is 23.7 Å². The van der Waals surface area contributed by atoms with Crippen LogP contribution in [0.3, 0.4) is 0 Å². The van der Waals surface area contributed by atoms with Crippen molar-refractivity contribution in [1.82, 2.24) is 14.4 Å². The molecule has 0 radical (unpaired) electrons. The summed E-state index contributed by atoms with van der Waals surface area (Å²) in [6, 6.07) is 11.5. The molecule has 4 saturated carbocycles. The van der Waals surface area contributed by atoms with Crippen LogP contribution in [0.5, 0.6) is 0 Å². The monoisotopic (exact) mass is 437 g/mol. The van der Waals surface area contributed by atoms with E-state index in [0.29, 0.717) is 0 Å². The SMILES string of the molecule is Cc1cc(CN2CCN(C3C4CC5CC(C4)CC3C5)CC2)c(C)n1-c1ccc(Cl)cc1. The minimum Gasteiger partial charge on any atom is -0.318 e. The largest absolute Gasteiger partial charge is 0.318 e. The molecular weight excluding hydrogens is 402 g/mol. The average Bonchev–Trinajstić information content (AvgIpc) is 3.02. The Bertz CT molecular complexity index is 910. The quantitative estimate of drug-likeness (QED) is 0.608. The Hall–Kier alpha value is -1.29. The molecular formula is C27H36ClN3. The first-order valence-electron chi connectivity index (χ1n) is 12.5. The minimum atomic E-state index is 0.795. The van der Waals surface area contributed by atoms with Crippen molar-refractivity contribution < 1.29 is 0 Å². The minimum absolute atomic E-state index is 0.795. The zero-order chi connectivity index (χ0) is 21.1. The van der Waals surface area contributed by atoms with Crippen LogP contribution in [0.15, 0.2) is 30.3 Å². The first-order chi connectivity index (χ1) is 15.0. The van der Waals surface area contributed by atoms with E-state index in [9.17, 15) is 0 Å². The summed E-state index contributed by atoms with van der Waals surface area (Å²) in [7, 11) is 0. The van der Waals surface area contributed by atoms with Gasteiger partial charge in [0.25, 0.3) is 0 Å². The van der Waals surface area contributed by atoms with Gasteiger partial charge >= 0.3 is 0 Å². The van der Waals surface area contributed by atoms with Gasteiger partial charge in [0.05, 0.1) is 0 Å². The van der Waals surface area contributed by atoms with Crippen LogP contribution >= 0.6 is 11.6 Å². The first kappa shape index (κ1) is 20.3. The smallest absolute Gasteiger partial charge is 0.0456 e. The molecule has 31 heavy (non-hydrogen) atoms. The maximum atomic E-state index is 6.10. The van der Waals surface area contributed by atoms with Gasteiger partial charge in [-0.25, -0.2) is 0 Å². The van der Waals surface area contributed by atoms with Crippen LogP contribution < -0.4 is 0 Å². The highest BCUT2D eigenvalue weighted by atomic mass is 35.5. The molecule has 1 aromatic heterocycles. The number of rotatable bonds is 4. The second-order valence-corrected chi connectivity index (χ2v) is 11.4. The molecule has 0 N–H and O–H groups in total. The van der Waals surface area contributed by atoms with Gasteiger partial charge in [-0.15, -0.1) is 0 Å². The molecule has 1 aromatic carbocycles. The normalized spacial score (nSPS) is 33.3. The molecule has 5 aliphatic rings. The van der Waals surface area contributed by atoms with Crippen molar-refractivity contribution >= 4 is 11.6 Å². The molecule has 2 heterocycles. The predicted octanol–water partition coefficient (Wildman–Crippen LogP) is 5.69. The predicted molar refractivity (Wildman–Crippen MR) is 128 cm³/mol. The number of aryl methyl sites for hydroxylation is 1. The van der Waals surface area contributed by atoms with Gasteiger partial charge in [-0.3, -0.25) is 9.80 Å². The van der Waals surface area contributed by atoms with E-state index in [-0.39, 0.29) is 0 Å². The van der Waals surface area contributed by atoms with Gasteiger partial charge < -0.3 is 4.57 Å². The number of piperazine rings is 1. The Labute approximate surface area is 192 Å². The van der Waals surface area contributed by atoms with E-state index in [2.05, 4.69) is 46.4 Å². The van der Waals surface area contributed by atoms with Crippen LogP contribution in [0.1, 0.15) is 49.1 Å². The van der Waals surface area contributed by atoms with Crippen molar-refractivity contribution in [1.29, 1.82) is 0 Å². The van der Waals surface area contributed by atoms with E-state index < -0.39 is 0 Å². The summed E-state index contributed by atoms with van der Waals surface area (Å²) >= 11 is 6.10. The van der Waals surface area contributed by atoms with Crippen LogP contribution in [0.25, 0.3) is 5.69 Å². The fourth-order valence-electron chi connectivity index (χ4n) is 7.93. The lowest BCUT2D eigenvalue weighted by Gasteiger charge is -2.58. The Morgan fingerprint density at radius 3 is 2.06 bits per heavy atom. The Kier molecular flexibility index (Phi) is 5.20. The van der Waals surface area contributed by atoms with Crippen LogP contribution in [0.2, 0.25) is 5.02 Å². The molecule has 1 saturated heterocycles. The molecule has 0 spiro atoms. The molecule has 2 aromatic rings. The molecule has 0 atom stereocenters. The van der Waals surface area contributed by atoms with Gasteiger partial charge in [-0.05, 0) is 106 Å². The summed E-state index contributed by atoms with van der Waals surface area (Å²) in [5.74, 6) is 4.19. The molecule has 166 valence electrons. The van der Waals surface area contributed by atoms with Gasteiger partial charge in [0.2, 0.25) is 0 Å². The summed E-state index contributed by atoms with van der Waals surface area (Å²) in [6.45, 7) is 10.5. The van der Waals surface area contributed by atoms with E-state index in [4.69, 9.17) is 11.6 Å². The third kappa shape index (κ3) is 3.67. The second-order valence-electron chi connectivity index (χ2n) is 10.9. The molecule has 0 amide bonds. The Morgan fingerprint density at radius 1 is 0.839 bits per heavy atom. The van der Waals surface area contributed by atoms with E-state index >= 15 is 0 Å². The molecule has 1 aliphatic heterocycles. The van der Waals surface area contributed by atoms with E-state index in [1.165, 1.54) is 74.5 Å². The van der Waals surface area contributed by atoms with Gasteiger partial charge in [-0.2, -0.15) is 0 Å². The Balaban J connectivity index is 1.11. The van der Waals surface area contributed by atoms with Crippen molar-refractivity contribution in [2.75, 3.05) is 26.2 Å². The average molecular weight is 438 g/mol. The van der Waals surface area contributed by atoms with Crippen LogP contribution in [0, 0.1) is 37.5 Å². The summed E-state index contributed by atoms with van der Waals surface area (Å²) in [6.07, 6.45) is 7.70. The lowest BCUT2D eigenvalue weighted by molar-refractivity contribution is -0.0769. The Morgan fingerprint density at radius 2 is 1.45 bits per heavy atom. The van der Waals surface area contributed by atoms with E-state index in [1.54, 1.807) is 6.42 Å². The third-order valence-corrected chi connectivity index (χ3v) is 9.27. The van der Waals surface area contributed by atoms with Gasteiger partial charge in [0.15, 0.2) is 0 Å².